The Hall–Kier alpha value is -2.06. The van der Waals surface area contributed by atoms with Crippen molar-refractivity contribution < 1.29 is 9.84 Å². The molecule has 1 N–H and O–H groups in total. The van der Waals surface area contributed by atoms with E-state index in [-0.39, 0.29) is 6.10 Å². The van der Waals surface area contributed by atoms with E-state index in [1.807, 2.05) is 62.4 Å². The van der Waals surface area contributed by atoms with Gasteiger partial charge in [-0.25, -0.2) is 0 Å². The Morgan fingerprint density at radius 3 is 2.35 bits per heavy atom. The van der Waals surface area contributed by atoms with Crippen LogP contribution in [0.25, 0.3) is 6.08 Å². The fraction of sp³-hybridized carbons (Fsp3) is 0.222. The zero-order chi connectivity index (χ0) is 14.5. The molecule has 0 saturated heterocycles. The fourth-order valence-corrected chi connectivity index (χ4v) is 2.09. The van der Waals surface area contributed by atoms with Crippen molar-refractivity contribution in [3.63, 3.8) is 0 Å². The van der Waals surface area contributed by atoms with Gasteiger partial charge in [0, 0.05) is 5.56 Å². The molecule has 0 aromatic heterocycles. The van der Waals surface area contributed by atoms with Gasteiger partial charge in [0.2, 0.25) is 0 Å². The van der Waals surface area contributed by atoms with Gasteiger partial charge in [-0.2, -0.15) is 0 Å². The number of aliphatic hydroxyl groups excluding tert-OH is 1. The van der Waals surface area contributed by atoms with Gasteiger partial charge in [0.1, 0.15) is 11.9 Å². The van der Waals surface area contributed by atoms with E-state index in [1.165, 1.54) is 0 Å². The standard InChI is InChI=1S/C18H20O2/c1-4-14-12-16(10-11-17(14)20-13(2)3)18(19)15-8-6-5-7-9-15/h4-13,18-19H,1H2,2-3H3. The second-order valence-corrected chi connectivity index (χ2v) is 4.98. The lowest BCUT2D eigenvalue weighted by atomic mass is 9.99. The van der Waals surface area contributed by atoms with Crippen molar-refractivity contribution in [3.05, 3.63) is 71.8 Å². The summed E-state index contributed by atoms with van der Waals surface area (Å²) < 4.78 is 5.72. The predicted octanol–water partition coefficient (Wildman–Crippen LogP) is 4.20. The van der Waals surface area contributed by atoms with E-state index in [1.54, 1.807) is 6.08 Å². The van der Waals surface area contributed by atoms with E-state index in [4.69, 9.17) is 4.74 Å². The Bertz CT molecular complexity index is 573. The molecule has 0 amide bonds. The molecule has 0 saturated carbocycles. The minimum absolute atomic E-state index is 0.110. The number of ether oxygens (including phenoxy) is 1. The van der Waals surface area contributed by atoms with Crippen LogP contribution in [0.5, 0.6) is 5.75 Å². The minimum atomic E-state index is -0.636. The minimum Gasteiger partial charge on any atom is -0.490 e. The average Bonchev–Trinajstić information content (AvgIpc) is 2.47. The molecular weight excluding hydrogens is 248 g/mol. The van der Waals surface area contributed by atoms with Crippen LogP contribution in [-0.2, 0) is 0 Å². The lowest BCUT2D eigenvalue weighted by Gasteiger charge is -2.16. The highest BCUT2D eigenvalue weighted by molar-refractivity contribution is 5.57. The van der Waals surface area contributed by atoms with Gasteiger partial charge in [0.05, 0.1) is 6.10 Å². The number of hydrogen-bond donors (Lipinski definition) is 1. The number of rotatable bonds is 5. The largest absolute Gasteiger partial charge is 0.490 e. The zero-order valence-corrected chi connectivity index (χ0v) is 11.9. The average molecular weight is 268 g/mol. The van der Waals surface area contributed by atoms with Crippen molar-refractivity contribution in [2.75, 3.05) is 0 Å². The highest BCUT2D eigenvalue weighted by atomic mass is 16.5. The molecule has 0 aliphatic heterocycles. The molecule has 0 radical (unpaired) electrons. The van der Waals surface area contributed by atoms with E-state index in [0.29, 0.717) is 0 Å². The van der Waals surface area contributed by atoms with Crippen LogP contribution in [0.3, 0.4) is 0 Å². The van der Waals surface area contributed by atoms with Gasteiger partial charge in [-0.1, -0.05) is 49.1 Å². The molecule has 1 unspecified atom stereocenters. The third-order valence-corrected chi connectivity index (χ3v) is 3.05. The summed E-state index contributed by atoms with van der Waals surface area (Å²) in [5.41, 5.74) is 2.61. The molecular formula is C18H20O2. The Labute approximate surface area is 120 Å². The molecule has 104 valence electrons. The molecule has 20 heavy (non-hydrogen) atoms. The van der Waals surface area contributed by atoms with Crippen LogP contribution in [0.15, 0.2) is 55.1 Å². The first kappa shape index (κ1) is 14.4. The molecule has 2 nitrogen and oxygen atoms in total. The van der Waals surface area contributed by atoms with Crippen molar-refractivity contribution in [1.82, 2.24) is 0 Å². The molecule has 0 bridgehead atoms. The van der Waals surface area contributed by atoms with Gasteiger partial charge in [-0.15, -0.1) is 0 Å². The molecule has 2 rings (SSSR count). The van der Waals surface area contributed by atoms with E-state index < -0.39 is 6.10 Å². The SMILES string of the molecule is C=Cc1cc(C(O)c2ccccc2)ccc1OC(C)C. The highest BCUT2D eigenvalue weighted by Gasteiger charge is 2.12. The summed E-state index contributed by atoms with van der Waals surface area (Å²) in [5.74, 6) is 0.791. The van der Waals surface area contributed by atoms with Gasteiger partial charge < -0.3 is 9.84 Å². The molecule has 0 heterocycles. The summed E-state index contributed by atoms with van der Waals surface area (Å²) in [5, 5.41) is 10.4. The maximum Gasteiger partial charge on any atom is 0.126 e. The molecule has 0 aliphatic carbocycles. The van der Waals surface area contributed by atoms with Crippen LogP contribution in [0, 0.1) is 0 Å². The molecule has 0 spiro atoms. The smallest absolute Gasteiger partial charge is 0.126 e. The van der Waals surface area contributed by atoms with Crippen LogP contribution in [0.1, 0.15) is 36.6 Å². The predicted molar refractivity (Wildman–Crippen MR) is 82.8 cm³/mol. The first-order chi connectivity index (χ1) is 9.61. The molecule has 0 fully saturated rings. The second kappa shape index (κ2) is 6.40. The molecule has 2 heteroatoms. The Morgan fingerprint density at radius 2 is 1.75 bits per heavy atom. The van der Waals surface area contributed by atoms with Gasteiger partial charge in [0.25, 0.3) is 0 Å². The topological polar surface area (TPSA) is 29.5 Å². The van der Waals surface area contributed by atoms with Crippen molar-refractivity contribution in [2.24, 2.45) is 0 Å². The third-order valence-electron chi connectivity index (χ3n) is 3.05. The lowest BCUT2D eigenvalue weighted by molar-refractivity contribution is 0.219. The van der Waals surface area contributed by atoms with Crippen molar-refractivity contribution in [1.29, 1.82) is 0 Å². The molecule has 1 atom stereocenters. The van der Waals surface area contributed by atoms with E-state index in [9.17, 15) is 5.11 Å². The summed E-state index contributed by atoms with van der Waals surface area (Å²) in [6, 6.07) is 15.3. The summed E-state index contributed by atoms with van der Waals surface area (Å²) in [6.45, 7) is 7.78. The summed E-state index contributed by atoms with van der Waals surface area (Å²) in [6.07, 6.45) is 1.22. The quantitative estimate of drug-likeness (QED) is 0.880. The van der Waals surface area contributed by atoms with Gasteiger partial charge in [-0.05, 0) is 37.1 Å². The third kappa shape index (κ3) is 3.28. The maximum absolute atomic E-state index is 10.4. The molecule has 2 aromatic carbocycles. The van der Waals surface area contributed by atoms with Crippen molar-refractivity contribution in [3.8, 4) is 5.75 Å². The molecule has 0 aliphatic rings. The summed E-state index contributed by atoms with van der Waals surface area (Å²) >= 11 is 0. The fourth-order valence-electron chi connectivity index (χ4n) is 2.09. The van der Waals surface area contributed by atoms with Crippen LogP contribution < -0.4 is 4.74 Å². The van der Waals surface area contributed by atoms with E-state index >= 15 is 0 Å². The lowest BCUT2D eigenvalue weighted by Crippen LogP contribution is -2.07. The molecule has 2 aromatic rings. The van der Waals surface area contributed by atoms with Crippen LogP contribution in [-0.4, -0.2) is 11.2 Å². The van der Waals surface area contributed by atoms with Crippen molar-refractivity contribution >= 4 is 6.08 Å². The number of aliphatic hydroxyl groups is 1. The Kier molecular flexibility index (Phi) is 4.59. The van der Waals surface area contributed by atoms with Crippen LogP contribution in [0.4, 0.5) is 0 Å². The van der Waals surface area contributed by atoms with Crippen molar-refractivity contribution in [2.45, 2.75) is 26.1 Å². The first-order valence-corrected chi connectivity index (χ1v) is 6.78. The number of benzene rings is 2. The Balaban J connectivity index is 2.32. The summed E-state index contributed by atoms with van der Waals surface area (Å²) in [7, 11) is 0. The highest BCUT2D eigenvalue weighted by Crippen LogP contribution is 2.28. The zero-order valence-electron chi connectivity index (χ0n) is 11.9. The van der Waals surface area contributed by atoms with E-state index in [2.05, 4.69) is 6.58 Å². The second-order valence-electron chi connectivity index (χ2n) is 4.98. The van der Waals surface area contributed by atoms with Gasteiger partial charge >= 0.3 is 0 Å². The first-order valence-electron chi connectivity index (χ1n) is 6.78. The van der Waals surface area contributed by atoms with Crippen LogP contribution >= 0.6 is 0 Å². The Morgan fingerprint density at radius 1 is 1.05 bits per heavy atom. The maximum atomic E-state index is 10.4. The number of hydrogen-bond acceptors (Lipinski definition) is 2. The van der Waals surface area contributed by atoms with Crippen LogP contribution in [0.2, 0.25) is 0 Å². The van der Waals surface area contributed by atoms with Gasteiger partial charge in [-0.3, -0.25) is 0 Å². The van der Waals surface area contributed by atoms with Gasteiger partial charge in [0.15, 0.2) is 0 Å². The summed E-state index contributed by atoms with van der Waals surface area (Å²) in [4.78, 5) is 0. The normalized spacial score (nSPS) is 12.2. The monoisotopic (exact) mass is 268 g/mol. The van der Waals surface area contributed by atoms with E-state index in [0.717, 1.165) is 22.4 Å².